The van der Waals surface area contributed by atoms with Gasteiger partial charge < -0.3 is 14.0 Å². The van der Waals surface area contributed by atoms with Crippen LogP contribution in [-0.2, 0) is 11.3 Å². The Kier molecular flexibility index (Phi) is 5.14. The van der Waals surface area contributed by atoms with Crippen LogP contribution in [0.15, 0.2) is 42.6 Å². The van der Waals surface area contributed by atoms with E-state index in [9.17, 15) is 9.18 Å². The highest BCUT2D eigenvalue weighted by molar-refractivity contribution is 6.32. The van der Waals surface area contributed by atoms with E-state index in [1.54, 1.807) is 11.0 Å². The molecule has 2 heterocycles. The smallest absolute Gasteiger partial charge is 0.410 e. The molecule has 0 saturated heterocycles. The van der Waals surface area contributed by atoms with Crippen molar-refractivity contribution in [3.05, 3.63) is 59.0 Å². The first-order valence-electron chi connectivity index (χ1n) is 9.84. The van der Waals surface area contributed by atoms with Crippen molar-refractivity contribution in [3.63, 3.8) is 0 Å². The lowest BCUT2D eigenvalue weighted by molar-refractivity contribution is 0.0133. The number of aromatic nitrogens is 1. The van der Waals surface area contributed by atoms with Gasteiger partial charge in [-0.3, -0.25) is 4.90 Å². The maximum absolute atomic E-state index is 13.6. The molecule has 1 amide bonds. The summed E-state index contributed by atoms with van der Waals surface area (Å²) in [6.45, 7) is 8.06. The SMILES string of the molecule is C[C@@H]1COc2c(Cl)cc(-n3ccc4cc(F)ccc43)cc2CN1C(=O)OC(C)(C)C. The van der Waals surface area contributed by atoms with Crippen LogP contribution in [0.5, 0.6) is 5.75 Å². The molecule has 2 aromatic carbocycles. The van der Waals surface area contributed by atoms with Crippen LogP contribution < -0.4 is 4.74 Å². The van der Waals surface area contributed by atoms with Gasteiger partial charge >= 0.3 is 6.09 Å². The zero-order chi connectivity index (χ0) is 21.6. The quantitative estimate of drug-likeness (QED) is 0.479. The van der Waals surface area contributed by atoms with Gasteiger partial charge in [0.25, 0.3) is 0 Å². The monoisotopic (exact) mass is 430 g/mol. The number of rotatable bonds is 1. The van der Waals surface area contributed by atoms with Crippen molar-refractivity contribution >= 4 is 28.6 Å². The molecule has 0 radical (unpaired) electrons. The third kappa shape index (κ3) is 3.97. The number of fused-ring (bicyclic) bond motifs is 2. The van der Waals surface area contributed by atoms with Crippen LogP contribution in [0, 0.1) is 5.82 Å². The molecular weight excluding hydrogens is 407 g/mol. The average molecular weight is 431 g/mol. The highest BCUT2D eigenvalue weighted by atomic mass is 35.5. The van der Waals surface area contributed by atoms with Crippen LogP contribution in [0.1, 0.15) is 33.3 Å². The van der Waals surface area contributed by atoms with Crippen LogP contribution in [0.3, 0.4) is 0 Å². The molecule has 158 valence electrons. The van der Waals surface area contributed by atoms with Crippen LogP contribution in [0.25, 0.3) is 16.6 Å². The Hall–Kier alpha value is -2.73. The summed E-state index contributed by atoms with van der Waals surface area (Å²) in [6, 6.07) is 10.1. The van der Waals surface area contributed by atoms with Crippen LogP contribution in [0.4, 0.5) is 9.18 Å². The number of halogens is 2. The molecule has 7 heteroatoms. The van der Waals surface area contributed by atoms with Crippen molar-refractivity contribution in [2.24, 2.45) is 0 Å². The van der Waals surface area contributed by atoms with Gasteiger partial charge in [-0.05, 0) is 64.1 Å². The number of amides is 1. The topological polar surface area (TPSA) is 43.7 Å². The predicted molar refractivity (Wildman–Crippen MR) is 115 cm³/mol. The predicted octanol–water partition coefficient (Wildman–Crippen LogP) is 5.94. The van der Waals surface area contributed by atoms with E-state index in [0.717, 1.165) is 22.2 Å². The summed E-state index contributed by atoms with van der Waals surface area (Å²) in [6.07, 6.45) is 1.48. The molecule has 0 fully saturated rings. The summed E-state index contributed by atoms with van der Waals surface area (Å²) in [5.74, 6) is 0.288. The molecule has 30 heavy (non-hydrogen) atoms. The van der Waals surface area contributed by atoms with E-state index in [4.69, 9.17) is 21.1 Å². The lowest BCUT2D eigenvalue weighted by atomic mass is 10.1. The molecule has 0 aliphatic carbocycles. The molecular formula is C23H24ClFN2O3. The van der Waals surface area contributed by atoms with Gasteiger partial charge in [-0.25, -0.2) is 9.18 Å². The summed E-state index contributed by atoms with van der Waals surface area (Å²) in [7, 11) is 0. The number of hydrogen-bond donors (Lipinski definition) is 0. The molecule has 0 N–H and O–H groups in total. The van der Waals surface area contributed by atoms with E-state index < -0.39 is 11.7 Å². The standard InChI is InChI=1S/C23H24ClFN2O3/c1-14-13-29-21-16(12-27(14)22(28)30-23(2,3)4)10-18(11-19(21)24)26-8-7-15-9-17(25)5-6-20(15)26/h5-11,14H,12-13H2,1-4H3/t14-/m1/s1. The van der Waals surface area contributed by atoms with Gasteiger partial charge in [0.15, 0.2) is 0 Å². The van der Waals surface area contributed by atoms with Gasteiger partial charge in [0.2, 0.25) is 0 Å². The average Bonchev–Trinajstić information content (AvgIpc) is 2.97. The summed E-state index contributed by atoms with van der Waals surface area (Å²) in [4.78, 5) is 14.4. The summed E-state index contributed by atoms with van der Waals surface area (Å²) >= 11 is 6.56. The second-order valence-electron chi connectivity index (χ2n) is 8.57. The van der Waals surface area contributed by atoms with Crippen molar-refractivity contribution in [2.75, 3.05) is 6.61 Å². The Morgan fingerprint density at radius 3 is 2.73 bits per heavy atom. The number of carbonyl (C=O) groups is 1. The number of hydrogen-bond acceptors (Lipinski definition) is 3. The van der Waals surface area contributed by atoms with E-state index in [1.165, 1.54) is 12.1 Å². The molecule has 1 aromatic heterocycles. The zero-order valence-corrected chi connectivity index (χ0v) is 18.2. The van der Waals surface area contributed by atoms with Crippen molar-refractivity contribution in [2.45, 2.75) is 45.9 Å². The minimum Gasteiger partial charge on any atom is -0.490 e. The van der Waals surface area contributed by atoms with E-state index in [-0.39, 0.29) is 11.9 Å². The normalized spacial score (nSPS) is 16.7. The highest BCUT2D eigenvalue weighted by Crippen LogP contribution is 2.36. The fourth-order valence-corrected chi connectivity index (χ4v) is 3.88. The van der Waals surface area contributed by atoms with Crippen LogP contribution in [-0.4, -0.2) is 33.8 Å². The Balaban J connectivity index is 1.74. The Bertz CT molecular complexity index is 1120. The lowest BCUT2D eigenvalue weighted by Gasteiger charge is -2.29. The molecule has 0 unspecified atom stereocenters. The molecule has 3 aromatic rings. The largest absolute Gasteiger partial charge is 0.490 e. The van der Waals surface area contributed by atoms with Gasteiger partial charge in [0.1, 0.15) is 23.8 Å². The molecule has 0 saturated carbocycles. The van der Waals surface area contributed by atoms with Crippen LogP contribution in [0.2, 0.25) is 5.02 Å². The minimum absolute atomic E-state index is 0.179. The summed E-state index contributed by atoms with van der Waals surface area (Å²) < 4.78 is 27.0. The first-order chi connectivity index (χ1) is 14.1. The minimum atomic E-state index is -0.592. The molecule has 4 rings (SSSR count). The van der Waals surface area contributed by atoms with Crippen molar-refractivity contribution in [1.82, 2.24) is 9.47 Å². The van der Waals surface area contributed by atoms with Gasteiger partial charge in [0.05, 0.1) is 23.1 Å². The molecule has 1 atom stereocenters. The molecule has 1 aliphatic heterocycles. The Labute approximate surface area is 179 Å². The first kappa shape index (κ1) is 20.5. The van der Waals surface area contributed by atoms with Crippen LogP contribution >= 0.6 is 11.6 Å². The maximum Gasteiger partial charge on any atom is 0.410 e. The molecule has 5 nitrogen and oxygen atoms in total. The van der Waals surface area contributed by atoms with Gasteiger partial charge in [-0.15, -0.1) is 0 Å². The number of ether oxygens (including phenoxy) is 2. The van der Waals surface area contributed by atoms with E-state index in [0.29, 0.717) is 23.9 Å². The second-order valence-corrected chi connectivity index (χ2v) is 8.98. The van der Waals surface area contributed by atoms with Crippen molar-refractivity contribution < 1.29 is 18.7 Å². The van der Waals surface area contributed by atoms with Gasteiger partial charge in [0, 0.05) is 22.8 Å². The maximum atomic E-state index is 13.6. The fraction of sp³-hybridized carbons (Fsp3) is 0.348. The summed E-state index contributed by atoms with van der Waals surface area (Å²) in [5, 5.41) is 1.26. The number of benzene rings is 2. The summed E-state index contributed by atoms with van der Waals surface area (Å²) in [5.41, 5.74) is 1.87. The lowest BCUT2D eigenvalue weighted by Crippen LogP contribution is -2.42. The Morgan fingerprint density at radius 1 is 1.23 bits per heavy atom. The van der Waals surface area contributed by atoms with Crippen molar-refractivity contribution in [3.8, 4) is 11.4 Å². The van der Waals surface area contributed by atoms with E-state index >= 15 is 0 Å². The van der Waals surface area contributed by atoms with Gasteiger partial charge in [-0.1, -0.05) is 11.6 Å². The fourth-order valence-electron chi connectivity index (χ4n) is 3.59. The Morgan fingerprint density at radius 2 is 2.00 bits per heavy atom. The first-order valence-corrected chi connectivity index (χ1v) is 10.2. The number of carbonyl (C=O) groups excluding carboxylic acids is 1. The van der Waals surface area contributed by atoms with Crippen molar-refractivity contribution in [1.29, 1.82) is 0 Å². The van der Waals surface area contributed by atoms with E-state index in [1.807, 2.05) is 56.7 Å². The molecule has 0 bridgehead atoms. The molecule has 0 spiro atoms. The molecule has 1 aliphatic rings. The second kappa shape index (κ2) is 7.51. The van der Waals surface area contributed by atoms with E-state index in [2.05, 4.69) is 0 Å². The third-order valence-electron chi connectivity index (χ3n) is 5.01. The third-order valence-corrected chi connectivity index (χ3v) is 5.29. The highest BCUT2D eigenvalue weighted by Gasteiger charge is 2.30. The van der Waals surface area contributed by atoms with Gasteiger partial charge in [-0.2, -0.15) is 0 Å². The number of nitrogens with zero attached hydrogens (tertiary/aromatic N) is 2. The zero-order valence-electron chi connectivity index (χ0n) is 17.4.